The Morgan fingerprint density at radius 2 is 1.68 bits per heavy atom. The van der Waals surface area contributed by atoms with Gasteiger partial charge in [-0.2, -0.15) is 0 Å². The van der Waals surface area contributed by atoms with E-state index >= 15 is 0 Å². The van der Waals surface area contributed by atoms with Gasteiger partial charge in [0.2, 0.25) is 5.91 Å². The molecule has 0 radical (unpaired) electrons. The predicted molar refractivity (Wildman–Crippen MR) is 101 cm³/mol. The average Bonchev–Trinajstić information content (AvgIpc) is 2.67. The van der Waals surface area contributed by atoms with Crippen LogP contribution in [0.4, 0.5) is 0 Å². The van der Waals surface area contributed by atoms with Gasteiger partial charge in [-0.3, -0.25) is 9.59 Å². The lowest BCUT2D eigenvalue weighted by molar-refractivity contribution is -0.139. The normalized spacial score (nSPS) is 11.4. The first-order chi connectivity index (χ1) is 13.4. The number of carboxylic acid groups (broad SMARTS) is 1. The maximum atomic E-state index is 12.1. The second-order valence-corrected chi connectivity index (χ2v) is 6.19. The van der Waals surface area contributed by atoms with Gasteiger partial charge in [0.05, 0.1) is 0 Å². The Labute approximate surface area is 161 Å². The molecule has 28 heavy (non-hydrogen) atoms. The van der Waals surface area contributed by atoms with E-state index in [0.717, 1.165) is 17.7 Å². The fraction of sp³-hybridized carbons (Fsp3) is 0.250. The minimum atomic E-state index is -1.27. The fourth-order valence-electron chi connectivity index (χ4n) is 2.52. The van der Waals surface area contributed by atoms with Gasteiger partial charge in [0.25, 0.3) is 5.91 Å². The molecule has 5 N–H and O–H groups in total. The molecule has 0 aromatic heterocycles. The molecule has 2 aromatic rings. The summed E-state index contributed by atoms with van der Waals surface area (Å²) in [6.45, 7) is 0.430. The summed E-state index contributed by atoms with van der Waals surface area (Å²) in [4.78, 5) is 35.4. The van der Waals surface area contributed by atoms with Crippen LogP contribution in [0.3, 0.4) is 0 Å². The van der Waals surface area contributed by atoms with E-state index in [0.29, 0.717) is 13.0 Å². The number of hydrogen-bond donors (Lipinski definition) is 5. The Kier molecular flexibility index (Phi) is 7.38. The molecular weight excluding hydrogens is 364 g/mol. The summed E-state index contributed by atoms with van der Waals surface area (Å²) < 4.78 is 0. The summed E-state index contributed by atoms with van der Waals surface area (Å²) in [6, 6.07) is 11.8. The van der Waals surface area contributed by atoms with Gasteiger partial charge in [-0.1, -0.05) is 30.3 Å². The van der Waals surface area contributed by atoms with E-state index in [1.165, 1.54) is 6.07 Å². The van der Waals surface area contributed by atoms with Gasteiger partial charge < -0.3 is 26.0 Å². The summed E-state index contributed by atoms with van der Waals surface area (Å²) in [7, 11) is 0. The Morgan fingerprint density at radius 3 is 2.32 bits per heavy atom. The molecule has 0 spiro atoms. The molecule has 148 valence electrons. The zero-order valence-electron chi connectivity index (χ0n) is 15.1. The Morgan fingerprint density at radius 1 is 0.964 bits per heavy atom. The van der Waals surface area contributed by atoms with Crippen LogP contribution in [0.1, 0.15) is 28.8 Å². The highest BCUT2D eigenvalue weighted by molar-refractivity contribution is 5.97. The molecule has 0 unspecified atom stereocenters. The number of aliphatic carboxylic acids is 1. The monoisotopic (exact) mass is 386 g/mol. The minimum Gasteiger partial charge on any atom is -0.504 e. The summed E-state index contributed by atoms with van der Waals surface area (Å²) in [5.74, 6) is -3.19. The molecule has 0 aliphatic rings. The van der Waals surface area contributed by atoms with E-state index in [1.807, 2.05) is 30.3 Å². The van der Waals surface area contributed by atoms with Crippen LogP contribution in [0.2, 0.25) is 0 Å². The first-order valence-electron chi connectivity index (χ1n) is 8.73. The van der Waals surface area contributed by atoms with Crippen LogP contribution < -0.4 is 10.6 Å². The van der Waals surface area contributed by atoms with Crippen molar-refractivity contribution in [3.05, 3.63) is 59.7 Å². The zero-order chi connectivity index (χ0) is 20.5. The molecule has 2 amide bonds. The van der Waals surface area contributed by atoms with E-state index in [9.17, 15) is 29.7 Å². The average molecular weight is 386 g/mol. The van der Waals surface area contributed by atoms with Crippen molar-refractivity contribution < 1.29 is 29.7 Å². The number of benzene rings is 2. The van der Waals surface area contributed by atoms with E-state index in [-0.39, 0.29) is 24.3 Å². The Bertz CT molecular complexity index is 838. The highest BCUT2D eigenvalue weighted by Crippen LogP contribution is 2.24. The molecule has 1 atom stereocenters. The standard InChI is InChI=1S/C20H22N2O6/c23-16-8-6-14(12-17(16)24)19(26)22-15(20(27)28)7-9-18(25)21-11-10-13-4-2-1-3-5-13/h1-6,8,12,15,23-24H,7,9-11H2,(H,21,25)(H,22,26)(H,27,28)/t15-/m0/s1. The summed E-state index contributed by atoms with van der Waals surface area (Å²) in [5, 5.41) is 33.0. The number of rotatable bonds is 9. The second kappa shape index (κ2) is 9.96. The van der Waals surface area contributed by atoms with Gasteiger partial charge >= 0.3 is 5.97 Å². The molecule has 0 fully saturated rings. The lowest BCUT2D eigenvalue weighted by Gasteiger charge is -2.15. The second-order valence-electron chi connectivity index (χ2n) is 6.19. The van der Waals surface area contributed by atoms with Crippen LogP contribution in [-0.4, -0.2) is 45.7 Å². The van der Waals surface area contributed by atoms with E-state index in [4.69, 9.17) is 0 Å². The van der Waals surface area contributed by atoms with Gasteiger partial charge in [0, 0.05) is 18.5 Å². The van der Waals surface area contributed by atoms with Crippen molar-refractivity contribution in [3.8, 4) is 11.5 Å². The quantitative estimate of drug-likeness (QED) is 0.414. The van der Waals surface area contributed by atoms with Crippen molar-refractivity contribution in [3.63, 3.8) is 0 Å². The summed E-state index contributed by atoms with van der Waals surface area (Å²) in [6.07, 6.45) is 0.519. The van der Waals surface area contributed by atoms with Crippen LogP contribution in [0.5, 0.6) is 11.5 Å². The molecule has 2 aromatic carbocycles. The molecule has 0 saturated carbocycles. The molecule has 0 bridgehead atoms. The molecule has 0 aliphatic carbocycles. The van der Waals surface area contributed by atoms with Crippen molar-refractivity contribution in [2.75, 3.05) is 6.54 Å². The zero-order valence-corrected chi connectivity index (χ0v) is 15.1. The van der Waals surface area contributed by atoms with Gasteiger partial charge in [0.15, 0.2) is 11.5 Å². The minimum absolute atomic E-state index is 0.00568. The van der Waals surface area contributed by atoms with Crippen molar-refractivity contribution in [1.82, 2.24) is 10.6 Å². The van der Waals surface area contributed by atoms with Gasteiger partial charge in [-0.15, -0.1) is 0 Å². The van der Waals surface area contributed by atoms with Crippen LogP contribution >= 0.6 is 0 Å². The van der Waals surface area contributed by atoms with Crippen molar-refractivity contribution >= 4 is 17.8 Å². The third-order valence-electron chi connectivity index (χ3n) is 4.08. The number of nitrogens with one attached hydrogen (secondary N) is 2. The van der Waals surface area contributed by atoms with Crippen molar-refractivity contribution in [2.45, 2.75) is 25.3 Å². The van der Waals surface area contributed by atoms with Gasteiger partial charge in [0.1, 0.15) is 6.04 Å². The summed E-state index contributed by atoms with van der Waals surface area (Å²) in [5.41, 5.74) is 1.07. The molecule has 8 nitrogen and oxygen atoms in total. The van der Waals surface area contributed by atoms with Crippen LogP contribution in [-0.2, 0) is 16.0 Å². The predicted octanol–water partition coefficient (Wildman–Crippen LogP) is 1.42. The number of phenolic OH excluding ortho intramolecular Hbond substituents is 2. The third kappa shape index (κ3) is 6.31. The molecular formula is C20H22N2O6. The maximum absolute atomic E-state index is 12.1. The fourth-order valence-corrected chi connectivity index (χ4v) is 2.52. The Hall–Kier alpha value is -3.55. The van der Waals surface area contributed by atoms with Crippen molar-refractivity contribution in [1.29, 1.82) is 0 Å². The Balaban J connectivity index is 1.81. The van der Waals surface area contributed by atoms with Crippen LogP contribution in [0.15, 0.2) is 48.5 Å². The van der Waals surface area contributed by atoms with Crippen LogP contribution in [0.25, 0.3) is 0 Å². The van der Waals surface area contributed by atoms with E-state index in [2.05, 4.69) is 10.6 Å². The first-order valence-corrected chi connectivity index (χ1v) is 8.73. The highest BCUT2D eigenvalue weighted by Gasteiger charge is 2.22. The van der Waals surface area contributed by atoms with Gasteiger partial charge in [-0.25, -0.2) is 4.79 Å². The largest absolute Gasteiger partial charge is 0.504 e. The SMILES string of the molecule is O=C(CC[C@H](NC(=O)c1ccc(O)c(O)c1)C(=O)O)NCCc1ccccc1. The van der Waals surface area contributed by atoms with E-state index in [1.54, 1.807) is 0 Å². The lowest BCUT2D eigenvalue weighted by Crippen LogP contribution is -2.41. The molecule has 0 aliphatic heterocycles. The number of aromatic hydroxyl groups is 2. The number of carboxylic acids is 1. The van der Waals surface area contributed by atoms with Crippen molar-refractivity contribution in [2.24, 2.45) is 0 Å². The molecule has 0 heterocycles. The topological polar surface area (TPSA) is 136 Å². The lowest BCUT2D eigenvalue weighted by atomic mass is 10.1. The summed E-state index contributed by atoms with van der Waals surface area (Å²) >= 11 is 0. The van der Waals surface area contributed by atoms with E-state index < -0.39 is 29.4 Å². The van der Waals surface area contributed by atoms with Crippen LogP contribution in [0, 0.1) is 0 Å². The number of carbonyl (C=O) groups excluding carboxylic acids is 2. The molecule has 0 saturated heterocycles. The smallest absolute Gasteiger partial charge is 0.326 e. The molecule has 2 rings (SSSR count). The number of amides is 2. The first kappa shape index (κ1) is 20.8. The van der Waals surface area contributed by atoms with Gasteiger partial charge in [-0.05, 0) is 36.6 Å². The molecule has 8 heteroatoms. The highest BCUT2D eigenvalue weighted by atomic mass is 16.4. The number of carbonyl (C=O) groups is 3. The maximum Gasteiger partial charge on any atom is 0.326 e. The number of phenols is 2. The third-order valence-corrected chi connectivity index (χ3v) is 4.08. The number of hydrogen-bond acceptors (Lipinski definition) is 5.